The van der Waals surface area contributed by atoms with Gasteiger partial charge in [0.2, 0.25) is 0 Å². The SMILES string of the molecule is CCN1CCN(c2cc(C(=O)N3CCOCC3)ncn2)CC1. The molecule has 120 valence electrons. The van der Waals surface area contributed by atoms with Gasteiger partial charge in [-0.2, -0.15) is 0 Å². The lowest BCUT2D eigenvalue weighted by Crippen LogP contribution is -2.46. The third kappa shape index (κ3) is 3.36. The average Bonchev–Trinajstić information content (AvgIpc) is 2.62. The Kier molecular flexibility index (Phi) is 4.84. The summed E-state index contributed by atoms with van der Waals surface area (Å²) < 4.78 is 5.29. The summed E-state index contributed by atoms with van der Waals surface area (Å²) in [7, 11) is 0. The van der Waals surface area contributed by atoms with E-state index in [4.69, 9.17) is 4.74 Å². The third-order valence-electron chi connectivity index (χ3n) is 4.31. The lowest BCUT2D eigenvalue weighted by atomic mass is 10.2. The van der Waals surface area contributed by atoms with E-state index in [0.29, 0.717) is 32.0 Å². The summed E-state index contributed by atoms with van der Waals surface area (Å²) in [6.45, 7) is 9.68. The van der Waals surface area contributed by atoms with Gasteiger partial charge >= 0.3 is 0 Å². The molecule has 2 saturated heterocycles. The van der Waals surface area contributed by atoms with Crippen LogP contribution in [0.2, 0.25) is 0 Å². The minimum absolute atomic E-state index is 0.0286. The highest BCUT2D eigenvalue weighted by atomic mass is 16.5. The molecule has 2 aliphatic rings. The van der Waals surface area contributed by atoms with Crippen LogP contribution in [0.5, 0.6) is 0 Å². The van der Waals surface area contributed by atoms with Crippen molar-refractivity contribution in [3.05, 3.63) is 18.1 Å². The molecule has 1 amide bonds. The Hall–Kier alpha value is -1.73. The van der Waals surface area contributed by atoms with E-state index in [2.05, 4.69) is 26.7 Å². The topological polar surface area (TPSA) is 61.8 Å². The van der Waals surface area contributed by atoms with Crippen LogP contribution < -0.4 is 4.90 Å². The number of carbonyl (C=O) groups excluding carboxylic acids is 1. The number of carbonyl (C=O) groups is 1. The molecule has 1 aromatic heterocycles. The van der Waals surface area contributed by atoms with Crippen LogP contribution in [0.3, 0.4) is 0 Å². The third-order valence-corrected chi connectivity index (χ3v) is 4.31. The first-order valence-corrected chi connectivity index (χ1v) is 7.94. The highest BCUT2D eigenvalue weighted by Gasteiger charge is 2.22. The number of hydrogen-bond acceptors (Lipinski definition) is 6. The van der Waals surface area contributed by atoms with Gasteiger partial charge in [-0.05, 0) is 6.54 Å². The summed E-state index contributed by atoms with van der Waals surface area (Å²) >= 11 is 0. The van der Waals surface area contributed by atoms with Gasteiger partial charge in [-0.25, -0.2) is 9.97 Å². The smallest absolute Gasteiger partial charge is 0.272 e. The quantitative estimate of drug-likeness (QED) is 0.789. The van der Waals surface area contributed by atoms with E-state index in [1.165, 1.54) is 6.33 Å². The number of amides is 1. The lowest BCUT2D eigenvalue weighted by Gasteiger charge is -2.34. The van der Waals surface area contributed by atoms with Gasteiger partial charge in [-0.1, -0.05) is 6.92 Å². The van der Waals surface area contributed by atoms with Crippen LogP contribution >= 0.6 is 0 Å². The standard InChI is InChI=1S/C15H23N5O2/c1-2-18-3-5-19(6-4-18)14-11-13(16-12-17-14)15(21)20-7-9-22-10-8-20/h11-12H,2-10H2,1H3. The van der Waals surface area contributed by atoms with Gasteiger partial charge in [0.15, 0.2) is 0 Å². The number of ether oxygens (including phenoxy) is 1. The Bertz CT molecular complexity index is 510. The van der Waals surface area contributed by atoms with Gasteiger partial charge in [0.25, 0.3) is 5.91 Å². The fourth-order valence-electron chi connectivity index (χ4n) is 2.86. The van der Waals surface area contributed by atoms with Crippen LogP contribution in [0.15, 0.2) is 12.4 Å². The summed E-state index contributed by atoms with van der Waals surface area (Å²) in [6.07, 6.45) is 1.50. The molecule has 0 saturated carbocycles. The van der Waals surface area contributed by atoms with Gasteiger partial charge in [0.05, 0.1) is 13.2 Å². The maximum atomic E-state index is 12.5. The van der Waals surface area contributed by atoms with Crippen molar-refractivity contribution in [3.8, 4) is 0 Å². The van der Waals surface area contributed by atoms with Crippen LogP contribution in [0.1, 0.15) is 17.4 Å². The van der Waals surface area contributed by atoms with Crippen LogP contribution in [0, 0.1) is 0 Å². The number of anilines is 1. The molecule has 0 spiro atoms. The maximum Gasteiger partial charge on any atom is 0.272 e. The largest absolute Gasteiger partial charge is 0.378 e. The van der Waals surface area contributed by atoms with Crippen LogP contribution in [-0.2, 0) is 4.74 Å². The molecule has 0 radical (unpaired) electrons. The summed E-state index contributed by atoms with van der Waals surface area (Å²) in [6, 6.07) is 1.82. The molecule has 0 N–H and O–H groups in total. The summed E-state index contributed by atoms with van der Waals surface area (Å²) in [5.41, 5.74) is 0.477. The zero-order chi connectivity index (χ0) is 15.4. The van der Waals surface area contributed by atoms with E-state index < -0.39 is 0 Å². The van der Waals surface area contributed by atoms with Gasteiger partial charge in [0.1, 0.15) is 17.8 Å². The van der Waals surface area contributed by atoms with Crippen molar-refractivity contribution in [2.75, 3.05) is 63.9 Å². The number of piperazine rings is 1. The number of hydrogen-bond donors (Lipinski definition) is 0. The van der Waals surface area contributed by atoms with E-state index in [1.54, 1.807) is 4.90 Å². The number of rotatable bonds is 3. The Morgan fingerprint density at radius 1 is 1.14 bits per heavy atom. The Morgan fingerprint density at radius 3 is 2.55 bits per heavy atom. The molecule has 3 heterocycles. The van der Waals surface area contributed by atoms with E-state index >= 15 is 0 Å². The molecule has 2 aliphatic heterocycles. The first-order valence-electron chi connectivity index (χ1n) is 7.94. The zero-order valence-corrected chi connectivity index (χ0v) is 13.1. The number of nitrogens with zero attached hydrogens (tertiary/aromatic N) is 5. The molecule has 7 heteroatoms. The predicted octanol–water partition coefficient (Wildman–Crippen LogP) is 0.0909. The minimum Gasteiger partial charge on any atom is -0.378 e. The van der Waals surface area contributed by atoms with Crippen molar-refractivity contribution in [1.82, 2.24) is 19.8 Å². The molecule has 0 bridgehead atoms. The molecule has 0 aliphatic carbocycles. The molecular weight excluding hydrogens is 282 g/mol. The Labute approximate surface area is 130 Å². The molecule has 0 aromatic carbocycles. The van der Waals surface area contributed by atoms with E-state index in [0.717, 1.165) is 38.5 Å². The molecule has 1 aromatic rings. The second-order valence-corrected chi connectivity index (χ2v) is 5.59. The highest BCUT2D eigenvalue weighted by Crippen LogP contribution is 2.15. The maximum absolute atomic E-state index is 12.5. The molecule has 2 fully saturated rings. The van der Waals surface area contributed by atoms with Crippen LogP contribution in [-0.4, -0.2) is 84.7 Å². The molecule has 0 unspecified atom stereocenters. The second kappa shape index (κ2) is 7.02. The summed E-state index contributed by atoms with van der Waals surface area (Å²) in [5.74, 6) is 0.821. The average molecular weight is 305 g/mol. The molecule has 7 nitrogen and oxygen atoms in total. The van der Waals surface area contributed by atoms with Gasteiger partial charge in [-0.15, -0.1) is 0 Å². The van der Waals surface area contributed by atoms with Crippen molar-refractivity contribution in [3.63, 3.8) is 0 Å². The minimum atomic E-state index is -0.0286. The zero-order valence-electron chi connectivity index (χ0n) is 13.1. The highest BCUT2D eigenvalue weighted by molar-refractivity contribution is 5.93. The Morgan fingerprint density at radius 2 is 1.86 bits per heavy atom. The molecular formula is C15H23N5O2. The van der Waals surface area contributed by atoms with Crippen molar-refractivity contribution in [1.29, 1.82) is 0 Å². The van der Waals surface area contributed by atoms with E-state index in [1.807, 2.05) is 6.07 Å². The van der Waals surface area contributed by atoms with Crippen LogP contribution in [0.25, 0.3) is 0 Å². The molecule has 22 heavy (non-hydrogen) atoms. The summed E-state index contributed by atoms with van der Waals surface area (Å²) in [5, 5.41) is 0. The number of likely N-dealkylation sites (N-methyl/N-ethyl adjacent to an activating group) is 1. The summed E-state index contributed by atoms with van der Waals surface area (Å²) in [4.78, 5) is 27.4. The normalized spacial score (nSPS) is 20.2. The van der Waals surface area contributed by atoms with Crippen molar-refractivity contribution < 1.29 is 9.53 Å². The first kappa shape index (κ1) is 15.2. The van der Waals surface area contributed by atoms with E-state index in [-0.39, 0.29) is 5.91 Å². The predicted molar refractivity (Wildman–Crippen MR) is 83.1 cm³/mol. The van der Waals surface area contributed by atoms with Crippen molar-refractivity contribution >= 4 is 11.7 Å². The van der Waals surface area contributed by atoms with Gasteiger partial charge in [-0.3, -0.25) is 4.79 Å². The van der Waals surface area contributed by atoms with Crippen molar-refractivity contribution in [2.45, 2.75) is 6.92 Å². The van der Waals surface area contributed by atoms with Crippen molar-refractivity contribution in [2.24, 2.45) is 0 Å². The molecule has 0 atom stereocenters. The fraction of sp³-hybridized carbons (Fsp3) is 0.667. The van der Waals surface area contributed by atoms with Gasteiger partial charge < -0.3 is 19.4 Å². The van der Waals surface area contributed by atoms with Crippen LogP contribution in [0.4, 0.5) is 5.82 Å². The van der Waals surface area contributed by atoms with E-state index in [9.17, 15) is 4.79 Å². The first-order chi connectivity index (χ1) is 10.8. The number of morpholine rings is 1. The lowest BCUT2D eigenvalue weighted by molar-refractivity contribution is 0.0299. The number of aromatic nitrogens is 2. The Balaban J connectivity index is 1.68. The molecule has 3 rings (SSSR count). The fourth-order valence-corrected chi connectivity index (χ4v) is 2.86. The monoisotopic (exact) mass is 305 g/mol. The van der Waals surface area contributed by atoms with Gasteiger partial charge in [0, 0.05) is 45.3 Å². The second-order valence-electron chi connectivity index (χ2n) is 5.59.